The number of nitrogens with one attached hydrogen (secondary N) is 1. The van der Waals surface area contributed by atoms with Gasteiger partial charge in [-0.2, -0.15) is 0 Å². The van der Waals surface area contributed by atoms with E-state index in [1.165, 1.54) is 18.2 Å². The maximum atomic E-state index is 11.2. The molecule has 0 bridgehead atoms. The average molecular weight is 245 g/mol. The third kappa shape index (κ3) is 5.72. The monoisotopic (exact) mass is 245 g/mol. The van der Waals surface area contributed by atoms with Crippen molar-refractivity contribution in [1.29, 1.82) is 0 Å². The third-order valence-corrected chi connectivity index (χ3v) is 1.69. The summed E-state index contributed by atoms with van der Waals surface area (Å²) in [6, 6.07) is 5.76. The van der Waals surface area contributed by atoms with E-state index in [1.54, 1.807) is 19.9 Å². The molecule has 0 aliphatic carbocycles. The molecule has 0 aliphatic rings. The molecule has 0 unspecified atom stereocenters. The quantitative estimate of drug-likeness (QED) is 0.625. The van der Waals surface area contributed by atoms with Gasteiger partial charge in [0.05, 0.1) is 12.1 Å². The molecule has 1 aromatic rings. The van der Waals surface area contributed by atoms with Crippen molar-refractivity contribution in [2.24, 2.45) is 0 Å². The molecule has 0 aliphatic heterocycles. The van der Waals surface area contributed by atoms with Crippen LogP contribution in [0.4, 0.5) is 10.5 Å². The predicted molar refractivity (Wildman–Crippen MR) is 56.0 cm³/mol. The van der Waals surface area contributed by atoms with E-state index in [4.69, 9.17) is 4.74 Å². The molecule has 1 aromatic carbocycles. The van der Waals surface area contributed by atoms with Crippen LogP contribution in [0, 0.1) is 0 Å². The van der Waals surface area contributed by atoms with Crippen molar-refractivity contribution in [1.82, 2.24) is 0 Å². The Bertz CT molecular complexity index is 406. The zero-order valence-corrected chi connectivity index (χ0v) is 12.0. The van der Waals surface area contributed by atoms with Crippen molar-refractivity contribution >= 4 is 17.7 Å². The molecule has 86 valence electrons. The van der Waals surface area contributed by atoms with Crippen molar-refractivity contribution in [2.45, 2.75) is 20.0 Å². The first-order valence-electron chi connectivity index (χ1n) is 4.78. The van der Waals surface area contributed by atoms with Crippen LogP contribution >= 0.6 is 0 Å². The normalized spacial score (nSPS) is 9.35. The van der Waals surface area contributed by atoms with Gasteiger partial charge in [0, 0.05) is 5.69 Å². The van der Waals surface area contributed by atoms with Gasteiger partial charge in [-0.15, -0.1) is 0 Å². The SMILES string of the molecule is CC(C)OC(=O)Nc1cccc(C(=O)[O-])c1.[Na+]. The molecule has 0 saturated heterocycles. The van der Waals surface area contributed by atoms with Crippen molar-refractivity contribution in [2.75, 3.05) is 5.32 Å². The average Bonchev–Trinajstić information content (AvgIpc) is 2.16. The fraction of sp³-hybridized carbons (Fsp3) is 0.273. The van der Waals surface area contributed by atoms with Gasteiger partial charge in [-0.1, -0.05) is 12.1 Å². The molecule has 0 atom stereocenters. The topological polar surface area (TPSA) is 78.5 Å². The van der Waals surface area contributed by atoms with Gasteiger partial charge in [0.1, 0.15) is 0 Å². The van der Waals surface area contributed by atoms with Crippen LogP contribution in [0.3, 0.4) is 0 Å². The summed E-state index contributed by atoms with van der Waals surface area (Å²) in [4.78, 5) is 21.8. The van der Waals surface area contributed by atoms with Crippen molar-refractivity contribution in [3.8, 4) is 0 Å². The smallest absolute Gasteiger partial charge is 0.545 e. The first kappa shape index (κ1) is 16.0. The Morgan fingerprint density at radius 2 is 2.00 bits per heavy atom. The summed E-state index contributed by atoms with van der Waals surface area (Å²) in [6.07, 6.45) is -0.852. The summed E-state index contributed by atoms with van der Waals surface area (Å²) in [5.74, 6) is -1.29. The number of anilines is 1. The Balaban J connectivity index is 0.00000256. The summed E-state index contributed by atoms with van der Waals surface area (Å²) in [6.45, 7) is 3.44. The molecule has 5 nitrogen and oxygen atoms in total. The third-order valence-electron chi connectivity index (χ3n) is 1.69. The molecule has 17 heavy (non-hydrogen) atoms. The number of carboxylic acids is 1. The second-order valence-corrected chi connectivity index (χ2v) is 3.45. The van der Waals surface area contributed by atoms with Crippen LogP contribution in [0.25, 0.3) is 0 Å². The van der Waals surface area contributed by atoms with E-state index in [9.17, 15) is 14.7 Å². The molecule has 0 heterocycles. The zero-order chi connectivity index (χ0) is 12.1. The zero-order valence-electron chi connectivity index (χ0n) is 10.0. The number of carboxylic acid groups (broad SMARTS) is 1. The van der Waals surface area contributed by atoms with Gasteiger partial charge in [0.25, 0.3) is 0 Å². The van der Waals surface area contributed by atoms with Gasteiger partial charge in [0.15, 0.2) is 0 Å². The van der Waals surface area contributed by atoms with Gasteiger partial charge >= 0.3 is 35.7 Å². The van der Waals surface area contributed by atoms with Crippen molar-refractivity contribution in [3.05, 3.63) is 29.8 Å². The largest absolute Gasteiger partial charge is 1.00 e. The van der Waals surface area contributed by atoms with Gasteiger partial charge in [-0.3, -0.25) is 5.32 Å². The molecular weight excluding hydrogens is 233 g/mol. The number of benzene rings is 1. The summed E-state index contributed by atoms with van der Waals surface area (Å²) in [5, 5.41) is 13.0. The van der Waals surface area contributed by atoms with Crippen LogP contribution in [0.1, 0.15) is 24.2 Å². The molecule has 1 rings (SSSR count). The van der Waals surface area contributed by atoms with E-state index >= 15 is 0 Å². The predicted octanol–water partition coefficient (Wildman–Crippen LogP) is -1.99. The Labute approximate surface area is 121 Å². The summed E-state index contributed by atoms with van der Waals surface area (Å²) < 4.78 is 4.84. The Morgan fingerprint density at radius 3 is 2.53 bits per heavy atom. The molecular formula is C11H12NNaO4. The molecule has 6 heteroatoms. The van der Waals surface area contributed by atoms with E-state index < -0.39 is 12.1 Å². The van der Waals surface area contributed by atoms with Gasteiger partial charge in [0.2, 0.25) is 0 Å². The van der Waals surface area contributed by atoms with Gasteiger partial charge < -0.3 is 14.6 Å². The molecule has 0 spiro atoms. The van der Waals surface area contributed by atoms with Crippen LogP contribution in [0.5, 0.6) is 0 Å². The standard InChI is InChI=1S/C11H13NO4.Na/c1-7(2)16-11(15)12-9-5-3-4-8(6-9)10(13)14;/h3-7H,1-2H3,(H,12,15)(H,13,14);/q;+1/p-1. The number of carbonyl (C=O) groups is 2. The number of hydrogen-bond acceptors (Lipinski definition) is 4. The fourth-order valence-corrected chi connectivity index (χ4v) is 1.09. The number of ether oxygens (including phenoxy) is 1. The van der Waals surface area contributed by atoms with Crippen molar-refractivity contribution < 1.29 is 49.0 Å². The van der Waals surface area contributed by atoms with E-state index in [1.807, 2.05) is 0 Å². The van der Waals surface area contributed by atoms with Gasteiger partial charge in [-0.25, -0.2) is 4.79 Å². The second kappa shape index (κ2) is 7.32. The van der Waals surface area contributed by atoms with Crippen molar-refractivity contribution in [3.63, 3.8) is 0 Å². The molecule has 0 radical (unpaired) electrons. The fourth-order valence-electron chi connectivity index (χ4n) is 1.09. The molecule has 1 amide bonds. The van der Waals surface area contributed by atoms with Crippen LogP contribution < -0.4 is 40.0 Å². The Hall–Kier alpha value is -1.04. The number of carbonyl (C=O) groups excluding carboxylic acids is 2. The molecule has 0 fully saturated rings. The Morgan fingerprint density at radius 1 is 1.35 bits per heavy atom. The van der Waals surface area contributed by atoms with Crippen LogP contribution in [0.2, 0.25) is 0 Å². The van der Waals surface area contributed by atoms with E-state index in [0.717, 1.165) is 0 Å². The summed E-state index contributed by atoms with van der Waals surface area (Å²) in [7, 11) is 0. The van der Waals surface area contributed by atoms with E-state index in [2.05, 4.69) is 5.32 Å². The van der Waals surface area contributed by atoms with E-state index in [-0.39, 0.29) is 41.2 Å². The van der Waals surface area contributed by atoms with Crippen LogP contribution in [0.15, 0.2) is 24.3 Å². The number of amides is 1. The maximum absolute atomic E-state index is 11.2. The maximum Gasteiger partial charge on any atom is 1.00 e. The number of hydrogen-bond donors (Lipinski definition) is 1. The minimum absolute atomic E-state index is 0. The number of rotatable bonds is 3. The minimum Gasteiger partial charge on any atom is -0.545 e. The minimum atomic E-state index is -1.29. The number of aromatic carboxylic acids is 1. The van der Waals surface area contributed by atoms with Crippen LogP contribution in [-0.2, 0) is 4.74 Å². The molecule has 0 saturated carbocycles. The molecule has 1 N–H and O–H groups in total. The van der Waals surface area contributed by atoms with Gasteiger partial charge in [-0.05, 0) is 31.5 Å². The molecule has 0 aromatic heterocycles. The Kier molecular flexibility index (Phi) is 6.87. The summed E-state index contributed by atoms with van der Waals surface area (Å²) >= 11 is 0. The summed E-state index contributed by atoms with van der Waals surface area (Å²) in [5.41, 5.74) is 0.356. The second-order valence-electron chi connectivity index (χ2n) is 3.45. The van der Waals surface area contributed by atoms with Crippen LogP contribution in [-0.4, -0.2) is 18.2 Å². The van der Waals surface area contributed by atoms with E-state index in [0.29, 0.717) is 5.69 Å². The first-order valence-corrected chi connectivity index (χ1v) is 4.78. The first-order chi connectivity index (χ1) is 7.49.